The van der Waals surface area contributed by atoms with E-state index in [0.717, 1.165) is 11.0 Å². The second-order valence-corrected chi connectivity index (χ2v) is 6.58. The molecule has 11 heteroatoms. The van der Waals surface area contributed by atoms with Gasteiger partial charge in [0.2, 0.25) is 11.6 Å². The Kier molecular flexibility index (Phi) is 4.66. The Hall–Kier alpha value is -3.47. The lowest BCUT2D eigenvalue weighted by Crippen LogP contribution is -2.16. The molecule has 0 N–H and O–H groups in total. The first kappa shape index (κ1) is 18.9. The number of halogens is 5. The van der Waals surface area contributed by atoms with Crippen molar-refractivity contribution in [3.63, 3.8) is 0 Å². The zero-order valence-electron chi connectivity index (χ0n) is 14.0. The van der Waals surface area contributed by atoms with Crippen LogP contribution >= 0.6 is 11.3 Å². The molecule has 0 aliphatic carbocycles. The minimum absolute atomic E-state index is 0.0316. The third kappa shape index (κ3) is 3.09. The van der Waals surface area contributed by atoms with E-state index in [1.807, 2.05) is 0 Å². The molecule has 29 heavy (non-hydrogen) atoms. The summed E-state index contributed by atoms with van der Waals surface area (Å²) in [5.74, 6) is -12.6. The highest BCUT2D eigenvalue weighted by Crippen LogP contribution is 2.30. The number of aromatic nitrogens is 4. The maximum atomic E-state index is 14.1. The predicted molar refractivity (Wildman–Crippen MR) is 92.1 cm³/mol. The predicted octanol–water partition coefficient (Wildman–Crippen LogP) is 4.32. The average Bonchev–Trinajstić information content (AvgIpc) is 3.44. The number of benzene rings is 2. The molecule has 0 spiro atoms. The van der Waals surface area contributed by atoms with E-state index in [0.29, 0.717) is 10.6 Å². The maximum absolute atomic E-state index is 14.1. The van der Waals surface area contributed by atoms with Crippen LogP contribution in [-0.2, 0) is 0 Å². The van der Waals surface area contributed by atoms with E-state index in [9.17, 15) is 26.7 Å². The molecule has 0 aliphatic rings. The van der Waals surface area contributed by atoms with Gasteiger partial charge in [-0.25, -0.2) is 36.6 Å². The van der Waals surface area contributed by atoms with Gasteiger partial charge in [-0.05, 0) is 12.1 Å². The fraction of sp³-hybridized carbons (Fsp3) is 0. The van der Waals surface area contributed by atoms with E-state index in [4.69, 9.17) is 0 Å². The van der Waals surface area contributed by atoms with Crippen LogP contribution in [0.5, 0.6) is 0 Å². The molecule has 4 rings (SSSR count). The summed E-state index contributed by atoms with van der Waals surface area (Å²) in [6, 6.07) is 4.10. The summed E-state index contributed by atoms with van der Waals surface area (Å²) >= 11 is 1.30. The third-order valence-corrected chi connectivity index (χ3v) is 4.85. The lowest BCUT2D eigenvalue weighted by Gasteiger charge is -2.12. The quantitative estimate of drug-likeness (QED) is 0.213. The molecule has 0 saturated heterocycles. The van der Waals surface area contributed by atoms with Gasteiger partial charge in [0.25, 0.3) is 0 Å². The van der Waals surface area contributed by atoms with Crippen LogP contribution in [0.1, 0.15) is 15.9 Å². The maximum Gasteiger partial charge on any atom is 0.201 e. The number of rotatable bonds is 4. The first-order valence-corrected chi connectivity index (χ1v) is 8.73. The van der Waals surface area contributed by atoms with Crippen molar-refractivity contribution in [2.45, 2.75) is 0 Å². The van der Waals surface area contributed by atoms with Crippen molar-refractivity contribution in [1.29, 1.82) is 0 Å². The Bertz CT molecular complexity index is 1200. The summed E-state index contributed by atoms with van der Waals surface area (Å²) in [5.41, 5.74) is -1.30. The van der Waals surface area contributed by atoms with E-state index < -0.39 is 40.4 Å². The molecule has 146 valence electrons. The summed E-state index contributed by atoms with van der Waals surface area (Å²) < 4.78 is 69.8. The van der Waals surface area contributed by atoms with Crippen LogP contribution in [0.25, 0.3) is 16.3 Å². The molecule has 2 aromatic carbocycles. The molecular formula is C18H7F5N4OS. The van der Waals surface area contributed by atoms with Crippen molar-refractivity contribution >= 4 is 17.1 Å². The van der Waals surface area contributed by atoms with Gasteiger partial charge >= 0.3 is 0 Å². The van der Waals surface area contributed by atoms with Crippen LogP contribution in [-0.4, -0.2) is 25.5 Å². The van der Waals surface area contributed by atoms with Crippen LogP contribution in [0.2, 0.25) is 0 Å². The van der Waals surface area contributed by atoms with E-state index in [1.54, 1.807) is 11.6 Å². The van der Waals surface area contributed by atoms with Gasteiger partial charge in [-0.3, -0.25) is 4.79 Å². The molecule has 0 fully saturated rings. The Balaban J connectivity index is 1.93. The highest BCUT2D eigenvalue weighted by molar-refractivity contribution is 7.13. The molecule has 0 saturated carbocycles. The molecule has 0 unspecified atom stereocenters. The lowest BCUT2D eigenvalue weighted by atomic mass is 9.98. The molecular weight excluding hydrogens is 415 g/mol. The minimum atomic E-state index is -2.34. The van der Waals surface area contributed by atoms with Crippen LogP contribution in [0.3, 0.4) is 0 Å². The fourth-order valence-electron chi connectivity index (χ4n) is 2.68. The van der Waals surface area contributed by atoms with Crippen LogP contribution in [0.15, 0.2) is 42.4 Å². The second kappa shape index (κ2) is 7.17. The van der Waals surface area contributed by atoms with E-state index in [2.05, 4.69) is 15.1 Å². The van der Waals surface area contributed by atoms with Crippen molar-refractivity contribution in [1.82, 2.24) is 19.7 Å². The van der Waals surface area contributed by atoms with E-state index >= 15 is 0 Å². The van der Waals surface area contributed by atoms with Gasteiger partial charge < -0.3 is 0 Å². The van der Waals surface area contributed by atoms with Gasteiger partial charge in [0.1, 0.15) is 23.2 Å². The van der Waals surface area contributed by atoms with Gasteiger partial charge in [-0.15, -0.1) is 11.3 Å². The van der Waals surface area contributed by atoms with Crippen molar-refractivity contribution in [2.24, 2.45) is 0 Å². The Morgan fingerprint density at radius 1 is 0.966 bits per heavy atom. The van der Waals surface area contributed by atoms with Crippen LogP contribution < -0.4 is 0 Å². The van der Waals surface area contributed by atoms with Gasteiger partial charge in [0.05, 0.1) is 5.69 Å². The molecule has 0 amide bonds. The van der Waals surface area contributed by atoms with E-state index in [-0.39, 0.29) is 11.3 Å². The Morgan fingerprint density at radius 3 is 2.24 bits per heavy atom. The summed E-state index contributed by atoms with van der Waals surface area (Å²) in [5, 5.41) is 6.19. The molecule has 2 heterocycles. The Labute approximate surface area is 163 Å². The second-order valence-electron chi connectivity index (χ2n) is 5.68. The smallest absolute Gasteiger partial charge is 0.201 e. The average molecular weight is 422 g/mol. The van der Waals surface area contributed by atoms with Crippen molar-refractivity contribution < 1.29 is 26.7 Å². The molecule has 0 atom stereocenters. The summed E-state index contributed by atoms with van der Waals surface area (Å²) in [6.07, 6.45) is 3.93. The van der Waals surface area contributed by atoms with Crippen LogP contribution in [0, 0.1) is 29.1 Å². The molecule has 0 bridgehead atoms. The molecule has 4 aromatic rings. The molecule has 2 aromatic heterocycles. The van der Waals surface area contributed by atoms with Crippen molar-refractivity contribution in [3.8, 4) is 16.3 Å². The SMILES string of the molecule is O=C(c1ccc(-c2nccs2)cc1-n1cncn1)c1c(F)c(F)c(F)c(F)c1F. The first-order chi connectivity index (χ1) is 13.9. The standard InChI is InChI=1S/C18H7F5N4OS/c19-12-11(13(20)15(22)16(23)14(12)21)17(28)9-2-1-8(18-25-3-4-29-18)5-10(9)27-7-24-6-26-27/h1-7H. The zero-order valence-corrected chi connectivity index (χ0v) is 14.9. The normalized spacial score (nSPS) is 11.1. The number of carbonyl (C=O) groups excluding carboxylic acids is 1. The van der Waals surface area contributed by atoms with Crippen molar-refractivity contribution in [2.75, 3.05) is 0 Å². The number of ketones is 1. The number of thiazole rings is 1. The highest BCUT2D eigenvalue weighted by atomic mass is 32.1. The van der Waals surface area contributed by atoms with Gasteiger partial charge in [0, 0.05) is 22.7 Å². The third-order valence-electron chi connectivity index (χ3n) is 4.02. The zero-order chi connectivity index (χ0) is 20.7. The first-order valence-electron chi connectivity index (χ1n) is 7.85. The number of hydrogen-bond acceptors (Lipinski definition) is 5. The number of nitrogens with zero attached hydrogens (tertiary/aromatic N) is 4. The van der Waals surface area contributed by atoms with E-state index in [1.165, 1.54) is 35.9 Å². The molecule has 5 nitrogen and oxygen atoms in total. The lowest BCUT2D eigenvalue weighted by molar-refractivity contribution is 0.102. The fourth-order valence-corrected chi connectivity index (χ4v) is 3.32. The molecule has 0 radical (unpaired) electrons. The summed E-state index contributed by atoms with van der Waals surface area (Å²) in [7, 11) is 0. The minimum Gasteiger partial charge on any atom is -0.288 e. The van der Waals surface area contributed by atoms with Crippen LogP contribution in [0.4, 0.5) is 22.0 Å². The highest BCUT2D eigenvalue weighted by Gasteiger charge is 2.31. The topological polar surface area (TPSA) is 60.7 Å². The number of carbonyl (C=O) groups is 1. The summed E-state index contributed by atoms with van der Waals surface area (Å²) in [4.78, 5) is 20.7. The monoisotopic (exact) mass is 422 g/mol. The summed E-state index contributed by atoms with van der Waals surface area (Å²) in [6.45, 7) is 0. The number of hydrogen-bond donors (Lipinski definition) is 0. The Morgan fingerprint density at radius 2 is 1.66 bits per heavy atom. The van der Waals surface area contributed by atoms with Gasteiger partial charge in [-0.1, -0.05) is 6.07 Å². The largest absolute Gasteiger partial charge is 0.288 e. The van der Waals surface area contributed by atoms with Gasteiger partial charge in [0.15, 0.2) is 23.3 Å². The molecule has 0 aliphatic heterocycles. The van der Waals surface area contributed by atoms with Gasteiger partial charge in [-0.2, -0.15) is 5.10 Å². The van der Waals surface area contributed by atoms with Crippen molar-refractivity contribution in [3.05, 3.63) is 82.6 Å².